The topological polar surface area (TPSA) is 116 Å². The van der Waals surface area contributed by atoms with Crippen LogP contribution in [0.1, 0.15) is 5.56 Å². The van der Waals surface area contributed by atoms with E-state index in [1.54, 1.807) is 30.3 Å². The van der Waals surface area contributed by atoms with Gasteiger partial charge in [-0.1, -0.05) is 65.1 Å². The Bertz CT molecular complexity index is 905. The summed E-state index contributed by atoms with van der Waals surface area (Å²) < 4.78 is 15.6. The highest BCUT2D eigenvalue weighted by Crippen LogP contribution is 2.37. The molecule has 2 unspecified atom stereocenters. The van der Waals surface area contributed by atoms with E-state index in [9.17, 15) is 23.7 Å². The van der Waals surface area contributed by atoms with Crippen LogP contribution >= 0.6 is 34.8 Å². The maximum Gasteiger partial charge on any atom is 0.355 e. The summed E-state index contributed by atoms with van der Waals surface area (Å²) in [6.45, 7) is -0.612. The number of fused-ring (bicyclic) bond motifs is 1. The van der Waals surface area contributed by atoms with Gasteiger partial charge in [-0.25, -0.2) is 4.79 Å². The van der Waals surface area contributed by atoms with Gasteiger partial charge in [-0.15, -0.1) is 0 Å². The first-order valence-corrected chi connectivity index (χ1v) is 11.1. The van der Waals surface area contributed by atoms with Gasteiger partial charge in [0.2, 0.25) is 15.1 Å². The monoisotopic (exact) mass is 492 g/mol. The zero-order chi connectivity index (χ0) is 22.1. The molecule has 2 aliphatic rings. The lowest BCUT2D eigenvalue weighted by atomic mass is 10.0. The number of halogens is 3. The van der Waals surface area contributed by atoms with Crippen molar-refractivity contribution >= 4 is 70.0 Å². The van der Waals surface area contributed by atoms with Gasteiger partial charge in [-0.3, -0.25) is 19.3 Å². The first-order chi connectivity index (χ1) is 14.1. The van der Waals surface area contributed by atoms with Crippen molar-refractivity contribution < 1.29 is 28.5 Å². The fourth-order valence-corrected chi connectivity index (χ4v) is 4.88. The van der Waals surface area contributed by atoms with E-state index in [0.29, 0.717) is 6.29 Å². The molecule has 1 aromatic rings. The van der Waals surface area contributed by atoms with Crippen LogP contribution in [0.2, 0.25) is 0 Å². The maximum atomic E-state index is 12.6. The predicted molar refractivity (Wildman–Crippen MR) is 110 cm³/mol. The third-order valence-electron chi connectivity index (χ3n) is 4.38. The molecule has 0 radical (unpaired) electrons. The van der Waals surface area contributed by atoms with E-state index in [4.69, 9.17) is 39.5 Å². The summed E-state index contributed by atoms with van der Waals surface area (Å²) in [7, 11) is 0. The van der Waals surface area contributed by atoms with Crippen molar-refractivity contribution in [3.8, 4) is 0 Å². The molecule has 1 N–H and O–H groups in total. The molecule has 1 aromatic carbocycles. The molecule has 1 fully saturated rings. The highest BCUT2D eigenvalue weighted by molar-refractivity contribution is 7.92. The summed E-state index contributed by atoms with van der Waals surface area (Å²) >= 11 is 15.0. The molecule has 3 atom stereocenters. The van der Waals surface area contributed by atoms with Crippen molar-refractivity contribution in [1.29, 1.82) is 0 Å². The number of hydrogen-bond acceptors (Lipinski definition) is 6. The highest BCUT2D eigenvalue weighted by atomic mass is 35.6. The van der Waals surface area contributed by atoms with E-state index in [1.165, 1.54) is 0 Å². The van der Waals surface area contributed by atoms with E-state index in [2.05, 4.69) is 5.32 Å². The molecule has 1 saturated heterocycles. The predicted octanol–water partition coefficient (Wildman–Crippen LogP) is 1.01. The molecule has 0 saturated carbocycles. The molecular weight excluding hydrogens is 479 g/mol. The minimum absolute atomic E-state index is 0.0253. The summed E-state index contributed by atoms with van der Waals surface area (Å²) in [5.74, 6) is -2.47. The number of benzene rings is 1. The number of ether oxygens (including phenoxy) is 1. The lowest BCUT2D eigenvalue weighted by Gasteiger charge is -2.48. The molecule has 2 amide bonds. The lowest BCUT2D eigenvalue weighted by molar-refractivity contribution is -0.153. The van der Waals surface area contributed by atoms with Crippen LogP contribution in [0.4, 0.5) is 0 Å². The smallest absolute Gasteiger partial charge is 0.355 e. The number of carbonyl (C=O) groups is 4. The SMILES string of the molecule is O=CC1=C(C(=O)OCC(Cl)(Cl)Cl)N2C(=O)C(NC(=O)Cc3ccccc3)[C@@H]2[S+]([O-])C1. The number of β-lactam (4-membered cyclic amide) rings is 1. The van der Waals surface area contributed by atoms with Gasteiger partial charge in [0, 0.05) is 0 Å². The Hall–Kier alpha value is -1.78. The molecule has 2 heterocycles. The Morgan fingerprint density at radius 2 is 1.97 bits per heavy atom. The summed E-state index contributed by atoms with van der Waals surface area (Å²) in [6.07, 6.45) is 0.353. The Balaban J connectivity index is 1.74. The maximum absolute atomic E-state index is 12.6. The van der Waals surface area contributed by atoms with Crippen molar-refractivity contribution in [2.24, 2.45) is 0 Å². The van der Waals surface area contributed by atoms with Gasteiger partial charge in [0.15, 0.2) is 12.3 Å². The number of hydrogen-bond donors (Lipinski definition) is 1. The number of amides is 2. The van der Waals surface area contributed by atoms with Crippen LogP contribution in [0.25, 0.3) is 0 Å². The number of rotatable bonds is 6. The van der Waals surface area contributed by atoms with E-state index >= 15 is 0 Å². The minimum atomic E-state index is -1.89. The van der Waals surface area contributed by atoms with Gasteiger partial charge in [-0.2, -0.15) is 0 Å². The highest BCUT2D eigenvalue weighted by Gasteiger charge is 2.61. The van der Waals surface area contributed by atoms with Crippen LogP contribution in [0.15, 0.2) is 41.6 Å². The van der Waals surface area contributed by atoms with Crippen molar-refractivity contribution in [3.63, 3.8) is 0 Å². The lowest BCUT2D eigenvalue weighted by Crippen LogP contribution is -2.75. The molecule has 30 heavy (non-hydrogen) atoms. The molecule has 160 valence electrons. The third kappa shape index (κ3) is 4.92. The van der Waals surface area contributed by atoms with Crippen LogP contribution in [0.5, 0.6) is 0 Å². The minimum Gasteiger partial charge on any atom is -0.614 e. The summed E-state index contributed by atoms with van der Waals surface area (Å²) in [6, 6.07) is 7.77. The van der Waals surface area contributed by atoms with Gasteiger partial charge in [0.25, 0.3) is 5.91 Å². The molecule has 3 rings (SSSR count). The number of esters is 1. The van der Waals surface area contributed by atoms with E-state index in [1.807, 2.05) is 0 Å². The number of alkyl halides is 3. The number of nitrogens with one attached hydrogen (secondary N) is 1. The zero-order valence-electron chi connectivity index (χ0n) is 15.2. The van der Waals surface area contributed by atoms with Crippen LogP contribution in [-0.4, -0.2) is 61.1 Å². The Kier molecular flexibility index (Phi) is 6.98. The molecule has 8 nitrogen and oxygen atoms in total. The van der Waals surface area contributed by atoms with Crippen molar-refractivity contribution in [2.75, 3.05) is 12.4 Å². The van der Waals surface area contributed by atoms with Crippen molar-refractivity contribution in [2.45, 2.75) is 21.6 Å². The van der Waals surface area contributed by atoms with E-state index < -0.39 is 50.8 Å². The second kappa shape index (κ2) is 9.15. The summed E-state index contributed by atoms with van der Waals surface area (Å²) in [5, 5.41) is 1.54. The first-order valence-electron chi connectivity index (χ1n) is 8.58. The first kappa shape index (κ1) is 22.9. The van der Waals surface area contributed by atoms with Crippen LogP contribution in [-0.2, 0) is 41.5 Å². The fraction of sp³-hybridized carbons (Fsp3) is 0.333. The van der Waals surface area contributed by atoms with Gasteiger partial charge in [0.1, 0.15) is 18.1 Å². The van der Waals surface area contributed by atoms with E-state index in [0.717, 1.165) is 10.5 Å². The average molecular weight is 494 g/mol. The third-order valence-corrected chi connectivity index (χ3v) is 6.33. The quantitative estimate of drug-likeness (QED) is 0.208. The average Bonchev–Trinajstić information content (AvgIpc) is 2.69. The molecule has 2 aliphatic heterocycles. The fourth-order valence-electron chi connectivity index (χ4n) is 3.11. The Morgan fingerprint density at radius 3 is 2.57 bits per heavy atom. The zero-order valence-corrected chi connectivity index (χ0v) is 18.3. The molecular formula is C18H15Cl3N2O6S. The molecule has 0 bridgehead atoms. The Morgan fingerprint density at radius 1 is 1.30 bits per heavy atom. The Labute approximate surface area is 189 Å². The molecule has 12 heteroatoms. The summed E-state index contributed by atoms with van der Waals surface area (Å²) in [5.41, 5.74) is 0.214. The van der Waals surface area contributed by atoms with E-state index in [-0.39, 0.29) is 23.4 Å². The van der Waals surface area contributed by atoms with Gasteiger partial charge in [-0.05, 0) is 16.7 Å². The largest absolute Gasteiger partial charge is 0.614 e. The molecule has 0 aromatic heterocycles. The second-order valence-electron chi connectivity index (χ2n) is 6.51. The molecule has 0 aliphatic carbocycles. The number of carbonyl (C=O) groups excluding carboxylic acids is 4. The van der Waals surface area contributed by atoms with Crippen LogP contribution in [0.3, 0.4) is 0 Å². The van der Waals surface area contributed by atoms with Gasteiger partial charge < -0.3 is 14.6 Å². The number of nitrogens with zero attached hydrogens (tertiary/aromatic N) is 1. The molecule has 0 spiro atoms. The standard InChI is InChI=1S/C18H15Cl3N2O6S/c19-18(20,21)9-29-17(27)14-11(7-24)8-30(28)16-13(15(26)23(14)16)22-12(25)6-10-4-2-1-3-5-10/h1-5,7,13,16H,6,8-9H2,(H,22,25)/t13?,16-,30?/m0/s1. The van der Waals surface area contributed by atoms with Crippen molar-refractivity contribution in [1.82, 2.24) is 10.2 Å². The summed E-state index contributed by atoms with van der Waals surface area (Å²) in [4.78, 5) is 49.7. The van der Waals surface area contributed by atoms with Crippen molar-refractivity contribution in [3.05, 3.63) is 47.2 Å². The second-order valence-corrected chi connectivity index (χ2v) is 10.6. The normalized spacial score (nSPS) is 23.4. The van der Waals surface area contributed by atoms with Crippen LogP contribution in [0, 0.1) is 0 Å². The van der Waals surface area contributed by atoms with Gasteiger partial charge in [0.05, 0.1) is 12.0 Å². The van der Waals surface area contributed by atoms with Crippen LogP contribution < -0.4 is 5.32 Å². The number of aldehydes is 1. The van der Waals surface area contributed by atoms with Gasteiger partial charge >= 0.3 is 5.97 Å².